The van der Waals surface area contributed by atoms with Gasteiger partial charge in [0.2, 0.25) is 0 Å². The van der Waals surface area contributed by atoms with Gasteiger partial charge in [-0.1, -0.05) is 12.8 Å². The van der Waals surface area contributed by atoms with Crippen molar-refractivity contribution in [3.8, 4) is 0 Å². The average Bonchev–Trinajstić information content (AvgIpc) is 2.62. The number of hydrogen-bond donors (Lipinski definition) is 3. The summed E-state index contributed by atoms with van der Waals surface area (Å²) in [7, 11) is 0. The highest BCUT2D eigenvalue weighted by Crippen LogP contribution is 2.12. The first kappa shape index (κ1) is 15.9. The minimum atomic E-state index is 0.122. The Hall–Kier alpha value is -0.160. The molecular weight excluding hydrogens is 228 g/mol. The van der Waals surface area contributed by atoms with Gasteiger partial charge in [-0.15, -0.1) is 0 Å². The SMILES string of the molecule is CC(CC1CCCCCN1)NCCCOCCO. The monoisotopic (exact) mass is 258 g/mol. The van der Waals surface area contributed by atoms with Gasteiger partial charge in [0, 0.05) is 18.7 Å². The largest absolute Gasteiger partial charge is 0.394 e. The summed E-state index contributed by atoms with van der Waals surface area (Å²) in [6.07, 6.45) is 7.65. The number of aliphatic hydroxyl groups is 1. The molecule has 0 aromatic heterocycles. The lowest BCUT2D eigenvalue weighted by Crippen LogP contribution is -2.37. The molecule has 3 N–H and O–H groups in total. The predicted octanol–water partition coefficient (Wildman–Crippen LogP) is 1.29. The number of ether oxygens (including phenoxy) is 1. The summed E-state index contributed by atoms with van der Waals surface area (Å²) >= 11 is 0. The summed E-state index contributed by atoms with van der Waals surface area (Å²) in [4.78, 5) is 0. The van der Waals surface area contributed by atoms with Crippen molar-refractivity contribution in [3.63, 3.8) is 0 Å². The maximum Gasteiger partial charge on any atom is 0.0697 e. The second kappa shape index (κ2) is 10.7. The molecule has 1 saturated heterocycles. The van der Waals surface area contributed by atoms with E-state index < -0.39 is 0 Å². The van der Waals surface area contributed by atoms with Crippen molar-refractivity contribution in [1.29, 1.82) is 0 Å². The van der Waals surface area contributed by atoms with E-state index in [0.29, 0.717) is 18.7 Å². The fourth-order valence-electron chi connectivity index (χ4n) is 2.50. The van der Waals surface area contributed by atoms with Crippen LogP contribution in [0.3, 0.4) is 0 Å². The van der Waals surface area contributed by atoms with Crippen molar-refractivity contribution in [3.05, 3.63) is 0 Å². The second-order valence-corrected chi connectivity index (χ2v) is 5.28. The Morgan fingerprint density at radius 1 is 1.33 bits per heavy atom. The molecule has 1 rings (SSSR count). The first-order chi connectivity index (χ1) is 8.83. The van der Waals surface area contributed by atoms with Gasteiger partial charge in [0.15, 0.2) is 0 Å². The Balaban J connectivity index is 1.97. The predicted molar refractivity (Wildman–Crippen MR) is 74.9 cm³/mol. The molecule has 1 aliphatic heterocycles. The molecule has 1 fully saturated rings. The van der Waals surface area contributed by atoms with Crippen LogP contribution in [0.4, 0.5) is 0 Å². The number of hydrogen-bond acceptors (Lipinski definition) is 4. The standard InChI is InChI=1S/C14H30N2O2/c1-13(15-8-5-10-18-11-9-17)12-14-6-3-2-4-7-16-14/h13-17H,2-12H2,1H3. The zero-order valence-corrected chi connectivity index (χ0v) is 11.8. The van der Waals surface area contributed by atoms with Crippen LogP contribution in [0.25, 0.3) is 0 Å². The highest BCUT2D eigenvalue weighted by molar-refractivity contribution is 4.75. The summed E-state index contributed by atoms with van der Waals surface area (Å²) in [5, 5.41) is 15.8. The van der Waals surface area contributed by atoms with Gasteiger partial charge >= 0.3 is 0 Å². The Morgan fingerprint density at radius 3 is 3.06 bits per heavy atom. The van der Waals surface area contributed by atoms with Crippen molar-refractivity contribution in [2.75, 3.05) is 32.9 Å². The van der Waals surface area contributed by atoms with Crippen LogP contribution in [-0.4, -0.2) is 50.1 Å². The van der Waals surface area contributed by atoms with E-state index in [-0.39, 0.29) is 6.61 Å². The van der Waals surface area contributed by atoms with Crippen LogP contribution in [0, 0.1) is 0 Å². The molecule has 4 nitrogen and oxygen atoms in total. The Kier molecular flexibility index (Phi) is 9.48. The molecule has 1 aliphatic rings. The molecule has 2 atom stereocenters. The molecule has 18 heavy (non-hydrogen) atoms. The van der Waals surface area contributed by atoms with E-state index in [0.717, 1.165) is 19.6 Å². The van der Waals surface area contributed by atoms with Gasteiger partial charge in [-0.3, -0.25) is 0 Å². The van der Waals surface area contributed by atoms with Gasteiger partial charge in [-0.05, 0) is 45.7 Å². The van der Waals surface area contributed by atoms with Crippen LogP contribution < -0.4 is 10.6 Å². The van der Waals surface area contributed by atoms with Crippen molar-refractivity contribution in [2.24, 2.45) is 0 Å². The molecule has 0 aromatic rings. The third kappa shape index (κ3) is 8.03. The molecule has 2 unspecified atom stereocenters. The van der Waals surface area contributed by atoms with Crippen LogP contribution in [0.1, 0.15) is 45.4 Å². The number of aliphatic hydroxyl groups excluding tert-OH is 1. The van der Waals surface area contributed by atoms with Crippen LogP contribution in [-0.2, 0) is 4.74 Å². The van der Waals surface area contributed by atoms with E-state index in [1.807, 2.05) is 0 Å². The molecule has 1 heterocycles. The van der Waals surface area contributed by atoms with Crippen LogP contribution >= 0.6 is 0 Å². The van der Waals surface area contributed by atoms with Gasteiger partial charge in [0.05, 0.1) is 13.2 Å². The topological polar surface area (TPSA) is 53.5 Å². The van der Waals surface area contributed by atoms with E-state index in [9.17, 15) is 0 Å². The lowest BCUT2D eigenvalue weighted by Gasteiger charge is -2.21. The molecule has 0 saturated carbocycles. The quantitative estimate of drug-likeness (QED) is 0.546. The van der Waals surface area contributed by atoms with Crippen molar-refractivity contribution in [2.45, 2.75) is 57.5 Å². The molecule has 0 amide bonds. The fraction of sp³-hybridized carbons (Fsp3) is 1.00. The van der Waals surface area contributed by atoms with Gasteiger partial charge < -0.3 is 20.5 Å². The molecule has 4 heteroatoms. The highest BCUT2D eigenvalue weighted by atomic mass is 16.5. The molecule has 0 spiro atoms. The minimum Gasteiger partial charge on any atom is -0.394 e. The zero-order valence-electron chi connectivity index (χ0n) is 11.8. The smallest absolute Gasteiger partial charge is 0.0697 e. The van der Waals surface area contributed by atoms with Crippen molar-refractivity contribution < 1.29 is 9.84 Å². The normalized spacial score (nSPS) is 22.7. The third-order valence-electron chi connectivity index (χ3n) is 3.49. The first-order valence-corrected chi connectivity index (χ1v) is 7.48. The summed E-state index contributed by atoms with van der Waals surface area (Å²) < 4.78 is 5.23. The van der Waals surface area contributed by atoms with Crippen molar-refractivity contribution in [1.82, 2.24) is 10.6 Å². The minimum absolute atomic E-state index is 0.122. The maximum absolute atomic E-state index is 8.57. The molecule has 108 valence electrons. The molecule has 0 aliphatic carbocycles. The van der Waals surface area contributed by atoms with Gasteiger partial charge in [0.1, 0.15) is 0 Å². The lowest BCUT2D eigenvalue weighted by atomic mass is 10.0. The van der Waals surface area contributed by atoms with Gasteiger partial charge in [0.25, 0.3) is 0 Å². The van der Waals surface area contributed by atoms with Gasteiger partial charge in [-0.2, -0.15) is 0 Å². The second-order valence-electron chi connectivity index (χ2n) is 5.28. The Labute approximate surface area is 111 Å². The number of nitrogens with one attached hydrogen (secondary N) is 2. The third-order valence-corrected chi connectivity index (χ3v) is 3.49. The zero-order chi connectivity index (χ0) is 13.1. The molecular formula is C14H30N2O2. The Bertz CT molecular complexity index is 183. The number of rotatable bonds is 9. The summed E-state index contributed by atoms with van der Waals surface area (Å²) in [5.74, 6) is 0. The fourth-order valence-corrected chi connectivity index (χ4v) is 2.50. The van der Waals surface area contributed by atoms with Crippen molar-refractivity contribution >= 4 is 0 Å². The van der Waals surface area contributed by atoms with Crippen LogP contribution in [0.15, 0.2) is 0 Å². The molecule has 0 radical (unpaired) electrons. The van der Waals surface area contributed by atoms with E-state index in [2.05, 4.69) is 17.6 Å². The highest BCUT2D eigenvalue weighted by Gasteiger charge is 2.14. The summed E-state index contributed by atoms with van der Waals surface area (Å²) in [5.41, 5.74) is 0. The van der Waals surface area contributed by atoms with E-state index >= 15 is 0 Å². The van der Waals surface area contributed by atoms with Gasteiger partial charge in [-0.25, -0.2) is 0 Å². The summed E-state index contributed by atoms with van der Waals surface area (Å²) in [6.45, 7) is 5.77. The summed E-state index contributed by atoms with van der Waals surface area (Å²) in [6, 6.07) is 1.26. The van der Waals surface area contributed by atoms with E-state index in [1.54, 1.807) is 0 Å². The van der Waals surface area contributed by atoms with E-state index in [4.69, 9.17) is 9.84 Å². The van der Waals surface area contributed by atoms with E-state index in [1.165, 1.54) is 38.6 Å². The first-order valence-electron chi connectivity index (χ1n) is 7.48. The Morgan fingerprint density at radius 2 is 2.22 bits per heavy atom. The lowest BCUT2D eigenvalue weighted by molar-refractivity contribution is 0.0903. The maximum atomic E-state index is 8.57. The van der Waals surface area contributed by atoms with Crippen LogP contribution in [0.2, 0.25) is 0 Å². The average molecular weight is 258 g/mol. The van der Waals surface area contributed by atoms with Crippen LogP contribution in [0.5, 0.6) is 0 Å². The molecule has 0 aromatic carbocycles. The molecule has 0 bridgehead atoms.